The molecule has 5 heteroatoms. The van der Waals surface area contributed by atoms with E-state index in [4.69, 9.17) is 0 Å². The summed E-state index contributed by atoms with van der Waals surface area (Å²) in [4.78, 5) is 14.9. The third-order valence-corrected chi connectivity index (χ3v) is 5.29. The molecule has 1 fully saturated rings. The van der Waals surface area contributed by atoms with Gasteiger partial charge in [-0.3, -0.25) is 9.36 Å². The second-order valence-corrected chi connectivity index (χ2v) is 7.01. The lowest BCUT2D eigenvalue weighted by Crippen LogP contribution is -2.32. The van der Waals surface area contributed by atoms with E-state index in [-0.39, 0.29) is 4.87 Å². The lowest BCUT2D eigenvalue weighted by Gasteiger charge is -2.19. The molecule has 1 aromatic carbocycles. The van der Waals surface area contributed by atoms with Crippen LogP contribution in [0.25, 0.3) is 10.2 Å². The molecule has 1 N–H and O–H groups in total. The number of aromatic nitrogens is 1. The first kappa shape index (κ1) is 15.7. The quantitative estimate of drug-likeness (QED) is 0.919. The third-order valence-electron chi connectivity index (χ3n) is 4.34. The fourth-order valence-electron chi connectivity index (χ4n) is 3.13. The Morgan fingerprint density at radius 3 is 3.00 bits per heavy atom. The molecule has 1 aliphatic heterocycles. The van der Waals surface area contributed by atoms with Crippen LogP contribution in [-0.4, -0.2) is 42.2 Å². The van der Waals surface area contributed by atoms with E-state index in [0.717, 1.165) is 62.3 Å². The van der Waals surface area contributed by atoms with Crippen LogP contribution in [0, 0.1) is 0 Å². The van der Waals surface area contributed by atoms with Crippen molar-refractivity contribution in [2.75, 3.05) is 32.7 Å². The van der Waals surface area contributed by atoms with E-state index >= 15 is 0 Å². The van der Waals surface area contributed by atoms with Crippen molar-refractivity contribution in [2.24, 2.45) is 0 Å². The van der Waals surface area contributed by atoms with Gasteiger partial charge >= 0.3 is 4.87 Å². The average Bonchev–Trinajstić information content (AvgIpc) is 2.68. The predicted molar refractivity (Wildman–Crippen MR) is 94.0 cm³/mol. The van der Waals surface area contributed by atoms with Crippen molar-refractivity contribution in [1.29, 1.82) is 0 Å². The second-order valence-electron chi connectivity index (χ2n) is 6.02. The summed E-state index contributed by atoms with van der Waals surface area (Å²) in [5, 5.41) is 3.42. The number of hydrogen-bond donors (Lipinski definition) is 1. The Bertz CT molecular complexity index is 668. The zero-order valence-corrected chi connectivity index (χ0v) is 14.1. The summed E-state index contributed by atoms with van der Waals surface area (Å²) in [5.74, 6) is 0. The highest BCUT2D eigenvalue weighted by Crippen LogP contribution is 2.20. The van der Waals surface area contributed by atoms with Crippen LogP contribution in [-0.2, 0) is 13.0 Å². The van der Waals surface area contributed by atoms with Crippen LogP contribution in [0.1, 0.15) is 25.3 Å². The monoisotopic (exact) mass is 319 g/mol. The first-order chi connectivity index (χ1) is 10.8. The maximum atomic E-state index is 12.3. The molecule has 120 valence electrons. The van der Waals surface area contributed by atoms with Crippen LogP contribution in [0.15, 0.2) is 23.0 Å². The molecule has 0 bridgehead atoms. The SMILES string of the molecule is CCCc1ccc2c(c1)sc(=O)n2CCN1CCCNCC1. The highest BCUT2D eigenvalue weighted by Gasteiger charge is 2.12. The minimum absolute atomic E-state index is 0.177. The molecule has 1 aromatic heterocycles. The zero-order valence-electron chi connectivity index (χ0n) is 13.3. The van der Waals surface area contributed by atoms with E-state index in [2.05, 4.69) is 35.3 Å². The Morgan fingerprint density at radius 2 is 2.14 bits per heavy atom. The highest BCUT2D eigenvalue weighted by atomic mass is 32.1. The van der Waals surface area contributed by atoms with Gasteiger partial charge in [-0.1, -0.05) is 30.7 Å². The topological polar surface area (TPSA) is 37.3 Å². The van der Waals surface area contributed by atoms with Crippen molar-refractivity contribution < 1.29 is 0 Å². The first-order valence-corrected chi connectivity index (χ1v) is 9.15. The molecule has 1 saturated heterocycles. The molecular weight excluding hydrogens is 294 g/mol. The van der Waals surface area contributed by atoms with Crippen LogP contribution >= 0.6 is 11.3 Å². The van der Waals surface area contributed by atoms with Gasteiger partial charge in [0.2, 0.25) is 0 Å². The zero-order chi connectivity index (χ0) is 15.4. The molecule has 3 rings (SSSR count). The van der Waals surface area contributed by atoms with Gasteiger partial charge < -0.3 is 10.2 Å². The fourth-order valence-corrected chi connectivity index (χ4v) is 4.11. The number of thiazole rings is 1. The molecular formula is C17H25N3OS. The lowest BCUT2D eigenvalue weighted by atomic mass is 10.1. The van der Waals surface area contributed by atoms with Gasteiger partial charge in [0.1, 0.15) is 0 Å². The largest absolute Gasteiger partial charge is 0.315 e. The van der Waals surface area contributed by atoms with Gasteiger partial charge in [0, 0.05) is 26.2 Å². The predicted octanol–water partition coefficient (Wildman–Crippen LogP) is 2.31. The van der Waals surface area contributed by atoms with Gasteiger partial charge in [0.05, 0.1) is 10.2 Å². The van der Waals surface area contributed by atoms with Gasteiger partial charge in [0.15, 0.2) is 0 Å². The lowest BCUT2D eigenvalue weighted by molar-refractivity contribution is 0.281. The Morgan fingerprint density at radius 1 is 1.23 bits per heavy atom. The maximum Gasteiger partial charge on any atom is 0.308 e. The van der Waals surface area contributed by atoms with Crippen LogP contribution < -0.4 is 10.2 Å². The number of aryl methyl sites for hydroxylation is 1. The molecule has 0 spiro atoms. The minimum Gasteiger partial charge on any atom is -0.315 e. The van der Waals surface area contributed by atoms with Gasteiger partial charge in [-0.15, -0.1) is 0 Å². The van der Waals surface area contributed by atoms with E-state index in [1.165, 1.54) is 23.3 Å². The van der Waals surface area contributed by atoms with Crippen molar-refractivity contribution in [3.8, 4) is 0 Å². The van der Waals surface area contributed by atoms with Crippen LogP contribution in [0.5, 0.6) is 0 Å². The summed E-state index contributed by atoms with van der Waals surface area (Å²) in [5.41, 5.74) is 2.43. The van der Waals surface area contributed by atoms with E-state index in [9.17, 15) is 4.79 Å². The molecule has 22 heavy (non-hydrogen) atoms. The Labute approximate surface area is 135 Å². The number of nitrogens with zero attached hydrogens (tertiary/aromatic N) is 2. The standard InChI is InChI=1S/C17H25N3OS/c1-2-4-14-5-6-15-16(13-14)22-17(21)20(15)12-11-19-9-3-7-18-8-10-19/h5-6,13,18H,2-4,7-12H2,1H3. The molecule has 0 saturated carbocycles. The number of fused-ring (bicyclic) bond motifs is 1. The third kappa shape index (κ3) is 3.59. The number of hydrogen-bond acceptors (Lipinski definition) is 4. The van der Waals surface area contributed by atoms with E-state index in [0.29, 0.717) is 0 Å². The van der Waals surface area contributed by atoms with Gasteiger partial charge in [0.25, 0.3) is 0 Å². The van der Waals surface area contributed by atoms with Gasteiger partial charge in [-0.25, -0.2) is 0 Å². The van der Waals surface area contributed by atoms with Gasteiger partial charge in [-0.2, -0.15) is 0 Å². The number of rotatable bonds is 5. The maximum absolute atomic E-state index is 12.3. The summed E-state index contributed by atoms with van der Waals surface area (Å²) in [6.45, 7) is 8.32. The molecule has 0 amide bonds. The van der Waals surface area contributed by atoms with Crippen molar-refractivity contribution in [2.45, 2.75) is 32.7 Å². The van der Waals surface area contributed by atoms with E-state index in [1.54, 1.807) is 0 Å². The second kappa shape index (κ2) is 7.40. The molecule has 2 aromatic rings. The molecule has 2 heterocycles. The smallest absolute Gasteiger partial charge is 0.308 e. The number of nitrogens with one attached hydrogen (secondary N) is 1. The summed E-state index contributed by atoms with van der Waals surface area (Å²) in [7, 11) is 0. The van der Waals surface area contributed by atoms with E-state index in [1.807, 2.05) is 4.57 Å². The summed E-state index contributed by atoms with van der Waals surface area (Å²) in [6.07, 6.45) is 3.42. The van der Waals surface area contributed by atoms with E-state index < -0.39 is 0 Å². The van der Waals surface area contributed by atoms with Crippen molar-refractivity contribution >= 4 is 21.6 Å². The Kier molecular flexibility index (Phi) is 5.28. The molecule has 4 nitrogen and oxygen atoms in total. The molecule has 0 unspecified atom stereocenters. The van der Waals surface area contributed by atoms with Crippen molar-refractivity contribution in [1.82, 2.24) is 14.8 Å². The highest BCUT2D eigenvalue weighted by molar-refractivity contribution is 7.16. The van der Waals surface area contributed by atoms with Crippen molar-refractivity contribution in [3.63, 3.8) is 0 Å². The van der Waals surface area contributed by atoms with Crippen LogP contribution in [0.2, 0.25) is 0 Å². The fraction of sp³-hybridized carbons (Fsp3) is 0.588. The Balaban J connectivity index is 1.75. The molecule has 0 atom stereocenters. The van der Waals surface area contributed by atoms with Crippen LogP contribution in [0.4, 0.5) is 0 Å². The summed E-state index contributed by atoms with van der Waals surface area (Å²) < 4.78 is 3.09. The normalized spacial score (nSPS) is 17.0. The number of benzene rings is 1. The summed E-state index contributed by atoms with van der Waals surface area (Å²) in [6, 6.07) is 6.49. The van der Waals surface area contributed by atoms with Crippen LogP contribution in [0.3, 0.4) is 0 Å². The van der Waals surface area contributed by atoms with Crippen molar-refractivity contribution in [3.05, 3.63) is 33.4 Å². The average molecular weight is 319 g/mol. The summed E-state index contributed by atoms with van der Waals surface area (Å²) >= 11 is 1.39. The molecule has 1 aliphatic rings. The first-order valence-electron chi connectivity index (χ1n) is 8.33. The minimum atomic E-state index is 0.177. The Hall–Kier alpha value is -1.17. The van der Waals surface area contributed by atoms with Gasteiger partial charge in [-0.05, 0) is 43.6 Å². The molecule has 0 aliphatic carbocycles. The molecule has 0 radical (unpaired) electrons.